The van der Waals surface area contributed by atoms with Crippen molar-refractivity contribution in [3.05, 3.63) is 28.7 Å². The number of nitrogen functional groups attached to an aromatic ring is 1. The molecule has 0 unspecified atom stereocenters. The first kappa shape index (κ1) is 2.17. The molecule has 2 N–H and O–H groups in total. The van der Waals surface area contributed by atoms with Crippen molar-refractivity contribution in [3.63, 3.8) is 0 Å². The fourth-order valence-corrected chi connectivity index (χ4v) is 0.535. The van der Waals surface area contributed by atoms with Gasteiger partial charge in [0.2, 0.25) is 0 Å². The summed E-state index contributed by atoms with van der Waals surface area (Å²) in [7, 11) is 0. The van der Waals surface area contributed by atoms with Crippen molar-refractivity contribution in [2.75, 3.05) is 5.73 Å². The van der Waals surface area contributed by atoms with Gasteiger partial charge in [-0.3, -0.25) is 0 Å². The summed E-state index contributed by atoms with van der Waals surface area (Å²) < 4.78 is 43.5. The summed E-state index contributed by atoms with van der Waals surface area (Å²) in [4.78, 5) is 0. The Balaban J connectivity index is 3.68. The Morgan fingerprint density at radius 1 is 1.78 bits per heavy atom. The van der Waals surface area contributed by atoms with Crippen LogP contribution in [0, 0.1) is 6.85 Å². The summed E-state index contributed by atoms with van der Waals surface area (Å²) in [5, 5.41) is -0.290. The molecule has 0 aliphatic heterocycles. The predicted octanol–water partition coefficient (Wildman–Crippen LogP) is 2.23. The van der Waals surface area contributed by atoms with E-state index in [1.165, 1.54) is 0 Å². The molecule has 0 atom stereocenters. The smallest absolute Gasteiger partial charge is 0.0639 e. The minimum absolute atomic E-state index is 0.290. The van der Waals surface area contributed by atoms with Crippen molar-refractivity contribution in [2.24, 2.45) is 0 Å². The van der Waals surface area contributed by atoms with Gasteiger partial charge in [-0.05, 0) is 18.5 Å². The predicted molar refractivity (Wildman–Crippen MR) is 40.6 cm³/mol. The van der Waals surface area contributed by atoms with E-state index in [2.05, 4.69) is 0 Å². The molecule has 0 aliphatic carbocycles. The lowest BCUT2D eigenvalue weighted by molar-refractivity contribution is 1.47. The third kappa shape index (κ3) is 1.16. The van der Waals surface area contributed by atoms with Crippen LogP contribution in [-0.2, 0) is 0 Å². The van der Waals surface area contributed by atoms with Crippen molar-refractivity contribution < 1.29 is 8.22 Å². The van der Waals surface area contributed by atoms with Gasteiger partial charge in [0, 0.05) is 4.11 Å². The topological polar surface area (TPSA) is 26.0 Å². The van der Waals surface area contributed by atoms with Crippen LogP contribution in [0.4, 0.5) is 5.69 Å². The summed E-state index contributed by atoms with van der Waals surface area (Å²) >= 11 is 5.60. The molecule has 2 heteroatoms. The molecule has 9 heavy (non-hydrogen) atoms. The van der Waals surface area contributed by atoms with E-state index in [1.54, 1.807) is 0 Å². The number of benzene rings is 1. The Bertz CT molecular complexity index is 384. The van der Waals surface area contributed by atoms with E-state index in [0.29, 0.717) is 0 Å². The van der Waals surface area contributed by atoms with Gasteiger partial charge in [-0.2, -0.15) is 0 Å². The van der Waals surface area contributed by atoms with Gasteiger partial charge >= 0.3 is 0 Å². The molecule has 0 radical (unpaired) electrons. The van der Waals surface area contributed by atoms with Crippen LogP contribution in [0.3, 0.4) is 0 Å². The Kier molecular flexibility index (Phi) is 0.548. The molecule has 1 rings (SSSR count). The zero-order chi connectivity index (χ0) is 12.0. The van der Waals surface area contributed by atoms with Crippen molar-refractivity contribution in [1.29, 1.82) is 0 Å². The summed E-state index contributed by atoms with van der Waals surface area (Å²) in [6.45, 7) is -2.60. The summed E-state index contributed by atoms with van der Waals surface area (Å²) in [5.74, 6) is 0. The zero-order valence-corrected chi connectivity index (χ0v) is 5.21. The second-order valence-electron chi connectivity index (χ2n) is 1.48. The average molecular weight is 148 g/mol. The highest BCUT2D eigenvalue weighted by molar-refractivity contribution is 6.33. The monoisotopic (exact) mass is 147 g/mol. The van der Waals surface area contributed by atoms with E-state index >= 15 is 0 Å². The molecule has 0 aliphatic rings. The molecular formula is C7H8ClN. The van der Waals surface area contributed by atoms with Crippen LogP contribution in [0.5, 0.6) is 0 Å². The molecule has 0 saturated carbocycles. The van der Waals surface area contributed by atoms with Gasteiger partial charge in [-0.15, -0.1) is 0 Å². The lowest BCUT2D eigenvalue weighted by Crippen LogP contribution is -1.88. The second-order valence-corrected chi connectivity index (χ2v) is 1.86. The summed E-state index contributed by atoms with van der Waals surface area (Å²) in [6.07, 6.45) is 0. The summed E-state index contributed by atoms with van der Waals surface area (Å²) in [6, 6.07) is -1.52. The molecule has 1 nitrogen and oxygen atoms in total. The van der Waals surface area contributed by atoms with E-state index in [0.717, 1.165) is 0 Å². The first-order valence-electron chi connectivity index (χ1n) is 5.23. The van der Waals surface area contributed by atoms with Gasteiger partial charge in [0.15, 0.2) is 0 Å². The maximum absolute atomic E-state index is 7.42. The number of rotatable bonds is 0. The van der Waals surface area contributed by atoms with E-state index < -0.39 is 30.5 Å². The first-order chi connectivity index (χ1) is 6.68. The van der Waals surface area contributed by atoms with Crippen LogP contribution in [0.25, 0.3) is 0 Å². The fourth-order valence-electron chi connectivity index (χ4n) is 0.393. The van der Waals surface area contributed by atoms with E-state index in [9.17, 15) is 0 Å². The first-order valence-corrected chi connectivity index (χ1v) is 2.61. The largest absolute Gasteiger partial charge is 0.397 e. The third-order valence-corrected chi connectivity index (χ3v) is 1.16. The van der Waals surface area contributed by atoms with E-state index in [4.69, 9.17) is 25.6 Å². The quantitative estimate of drug-likeness (QED) is 0.560. The molecule has 1 aromatic rings. The van der Waals surface area contributed by atoms with Gasteiger partial charge in [0.1, 0.15) is 0 Å². The van der Waals surface area contributed by atoms with Gasteiger partial charge in [-0.25, -0.2) is 0 Å². The average Bonchev–Trinajstić information content (AvgIpc) is 2.09. The lowest BCUT2D eigenvalue weighted by Gasteiger charge is -1.98. The van der Waals surface area contributed by atoms with Crippen LogP contribution in [0.1, 0.15) is 13.8 Å². The number of hydrogen-bond donors (Lipinski definition) is 1. The van der Waals surface area contributed by atoms with Crippen molar-refractivity contribution >= 4 is 17.3 Å². The molecule has 0 saturated heterocycles. The Labute approximate surface area is 67.9 Å². The molecular weight excluding hydrogens is 134 g/mol. The number of anilines is 1. The lowest BCUT2D eigenvalue weighted by atomic mass is 10.2. The maximum Gasteiger partial charge on any atom is 0.0639 e. The highest BCUT2D eigenvalue weighted by Gasteiger charge is 1.94. The maximum atomic E-state index is 7.42. The minimum Gasteiger partial charge on any atom is -0.397 e. The molecule has 0 amide bonds. The number of nitrogens with two attached hydrogens (primary N) is 1. The van der Waals surface area contributed by atoms with Crippen LogP contribution in [0.2, 0.25) is 5.02 Å². The van der Waals surface area contributed by atoms with Crippen molar-refractivity contribution in [1.82, 2.24) is 0 Å². The standard InChI is InChI=1S/C7H8ClN/c1-5-3-2-4-6(8)7(5)9/h2-4H,9H2,1H3/i1D3,2D,3D,4D. The molecule has 0 fully saturated rings. The number of hydrogen-bond acceptors (Lipinski definition) is 1. The SMILES string of the molecule is [2H]c1c([2H])c(Cl)c(N)c(C([2H])([2H])[2H])c1[2H]. The third-order valence-electron chi connectivity index (χ3n) is 0.866. The van der Waals surface area contributed by atoms with Crippen LogP contribution in [0.15, 0.2) is 18.1 Å². The molecule has 0 bridgehead atoms. The number of para-hydroxylation sites is 1. The Morgan fingerprint density at radius 3 is 3.22 bits per heavy atom. The molecule has 1 aromatic carbocycles. The molecule has 0 aromatic heterocycles. The van der Waals surface area contributed by atoms with Crippen molar-refractivity contribution in [3.8, 4) is 0 Å². The van der Waals surface area contributed by atoms with Crippen LogP contribution >= 0.6 is 11.6 Å². The van der Waals surface area contributed by atoms with Gasteiger partial charge in [0.05, 0.1) is 14.8 Å². The summed E-state index contributed by atoms with van der Waals surface area (Å²) in [5.41, 5.74) is 4.64. The molecule has 0 spiro atoms. The van der Waals surface area contributed by atoms with Gasteiger partial charge in [0.25, 0.3) is 0 Å². The molecule has 0 heterocycles. The highest BCUT2D eigenvalue weighted by atomic mass is 35.5. The van der Waals surface area contributed by atoms with Crippen molar-refractivity contribution in [2.45, 2.75) is 6.85 Å². The highest BCUT2D eigenvalue weighted by Crippen LogP contribution is 2.20. The Hall–Kier alpha value is -0.690. The van der Waals surface area contributed by atoms with E-state index in [1.807, 2.05) is 0 Å². The van der Waals surface area contributed by atoms with Crippen LogP contribution in [-0.4, -0.2) is 0 Å². The van der Waals surface area contributed by atoms with Crippen LogP contribution < -0.4 is 5.73 Å². The Morgan fingerprint density at radius 2 is 2.56 bits per heavy atom. The van der Waals surface area contributed by atoms with E-state index in [-0.39, 0.29) is 10.7 Å². The normalized spacial score (nSPS) is 20.6. The molecule has 48 valence electrons. The minimum atomic E-state index is -2.60. The van der Waals surface area contributed by atoms with Gasteiger partial charge < -0.3 is 5.73 Å². The number of halogens is 1. The van der Waals surface area contributed by atoms with Gasteiger partial charge in [-0.1, -0.05) is 23.7 Å². The second kappa shape index (κ2) is 2.28. The fraction of sp³-hybridized carbons (Fsp3) is 0.143. The zero-order valence-electron chi connectivity index (χ0n) is 10.5.